The molecule has 1 aliphatic rings. The molecule has 1 saturated carbocycles. The Kier molecular flexibility index (Phi) is 4.38. The van der Waals surface area contributed by atoms with Crippen LogP contribution in [0.4, 0.5) is 0 Å². The first-order valence-corrected chi connectivity index (χ1v) is 7.18. The summed E-state index contributed by atoms with van der Waals surface area (Å²) in [7, 11) is 2.22. The summed E-state index contributed by atoms with van der Waals surface area (Å²) in [5.41, 5.74) is 7.69. The number of nitrogens with zero attached hydrogens (tertiary/aromatic N) is 1. The van der Waals surface area contributed by atoms with Gasteiger partial charge in [0.05, 0.1) is 0 Å². The predicted molar refractivity (Wildman–Crippen MR) is 70.6 cm³/mol. The summed E-state index contributed by atoms with van der Waals surface area (Å²) < 4.78 is 0. The van der Waals surface area contributed by atoms with E-state index in [0.29, 0.717) is 12.1 Å². The van der Waals surface area contributed by atoms with Crippen LogP contribution in [0.2, 0.25) is 0 Å². The van der Waals surface area contributed by atoms with Crippen molar-refractivity contribution in [3.05, 3.63) is 22.4 Å². The molecule has 1 fully saturated rings. The summed E-state index contributed by atoms with van der Waals surface area (Å²) in [6.45, 7) is 1.04. The Morgan fingerprint density at radius 2 is 2.19 bits per heavy atom. The average Bonchev–Trinajstić information content (AvgIpc) is 2.66. The Morgan fingerprint density at radius 3 is 2.94 bits per heavy atom. The third-order valence-electron chi connectivity index (χ3n) is 3.61. The molecule has 1 heterocycles. The second-order valence-corrected chi connectivity index (χ2v) is 5.70. The lowest BCUT2D eigenvalue weighted by Crippen LogP contribution is -2.44. The standard InChI is InChI=1S/C13H22N2S/c1-15(9-11-7-8-16-10-11)13-6-4-2-3-5-12(13)14/h7-8,10,12-13H,2-6,9,14H2,1H3. The van der Waals surface area contributed by atoms with Gasteiger partial charge in [-0.15, -0.1) is 0 Å². The normalized spacial score (nSPS) is 26.9. The van der Waals surface area contributed by atoms with Gasteiger partial charge in [-0.1, -0.05) is 19.3 Å². The molecule has 1 aromatic heterocycles. The van der Waals surface area contributed by atoms with E-state index in [1.165, 1.54) is 37.7 Å². The Bertz CT molecular complexity index is 297. The number of likely N-dealkylation sites (N-methyl/N-ethyl adjacent to an activating group) is 1. The van der Waals surface area contributed by atoms with Crippen molar-refractivity contribution in [2.24, 2.45) is 5.73 Å². The van der Waals surface area contributed by atoms with Gasteiger partial charge in [-0.2, -0.15) is 11.3 Å². The van der Waals surface area contributed by atoms with E-state index in [1.807, 2.05) is 0 Å². The fourth-order valence-corrected chi connectivity index (χ4v) is 3.31. The molecule has 16 heavy (non-hydrogen) atoms. The SMILES string of the molecule is CN(Cc1ccsc1)C1CCCCCC1N. The zero-order chi connectivity index (χ0) is 11.4. The van der Waals surface area contributed by atoms with E-state index in [-0.39, 0.29) is 0 Å². The van der Waals surface area contributed by atoms with Gasteiger partial charge in [0.2, 0.25) is 0 Å². The van der Waals surface area contributed by atoms with Crippen LogP contribution in [0.25, 0.3) is 0 Å². The topological polar surface area (TPSA) is 29.3 Å². The smallest absolute Gasteiger partial charge is 0.0247 e. The minimum atomic E-state index is 0.367. The molecule has 2 atom stereocenters. The van der Waals surface area contributed by atoms with Gasteiger partial charge in [-0.25, -0.2) is 0 Å². The molecule has 3 heteroatoms. The highest BCUT2D eigenvalue weighted by Crippen LogP contribution is 2.22. The van der Waals surface area contributed by atoms with Crippen LogP contribution in [0.1, 0.15) is 37.7 Å². The molecule has 0 aromatic carbocycles. The molecule has 0 amide bonds. The monoisotopic (exact) mass is 238 g/mol. The van der Waals surface area contributed by atoms with Crippen LogP contribution < -0.4 is 5.73 Å². The molecule has 2 nitrogen and oxygen atoms in total. The number of hydrogen-bond donors (Lipinski definition) is 1. The van der Waals surface area contributed by atoms with Gasteiger partial charge in [0.15, 0.2) is 0 Å². The first-order valence-electron chi connectivity index (χ1n) is 6.24. The lowest BCUT2D eigenvalue weighted by atomic mass is 10.0. The predicted octanol–water partition coefficient (Wildman–Crippen LogP) is 2.84. The molecule has 0 spiro atoms. The molecule has 0 aliphatic heterocycles. The van der Waals surface area contributed by atoms with Crippen LogP contribution in [0, 0.1) is 0 Å². The van der Waals surface area contributed by atoms with Crippen molar-refractivity contribution in [3.63, 3.8) is 0 Å². The Hall–Kier alpha value is -0.380. The van der Waals surface area contributed by atoms with Gasteiger partial charge < -0.3 is 5.73 Å². The quantitative estimate of drug-likeness (QED) is 0.821. The fraction of sp³-hybridized carbons (Fsp3) is 0.692. The third kappa shape index (κ3) is 3.06. The molecule has 2 unspecified atom stereocenters. The summed E-state index contributed by atoms with van der Waals surface area (Å²) in [4.78, 5) is 2.44. The van der Waals surface area contributed by atoms with Crippen LogP contribution in [-0.2, 0) is 6.54 Å². The van der Waals surface area contributed by atoms with Gasteiger partial charge >= 0.3 is 0 Å². The maximum Gasteiger partial charge on any atom is 0.0247 e. The maximum absolute atomic E-state index is 6.27. The van der Waals surface area contributed by atoms with Gasteiger partial charge in [-0.3, -0.25) is 4.90 Å². The van der Waals surface area contributed by atoms with E-state index in [0.717, 1.165) is 6.54 Å². The van der Waals surface area contributed by atoms with Gasteiger partial charge in [0.1, 0.15) is 0 Å². The summed E-state index contributed by atoms with van der Waals surface area (Å²) >= 11 is 1.78. The second kappa shape index (κ2) is 5.80. The molecule has 0 saturated heterocycles. The van der Waals surface area contributed by atoms with Crippen molar-refractivity contribution in [2.75, 3.05) is 7.05 Å². The Labute approximate surface area is 102 Å². The van der Waals surface area contributed by atoms with Crippen molar-refractivity contribution in [2.45, 2.75) is 50.7 Å². The van der Waals surface area contributed by atoms with Crippen LogP contribution in [0.3, 0.4) is 0 Å². The molecule has 0 bridgehead atoms. The van der Waals surface area contributed by atoms with E-state index < -0.39 is 0 Å². The zero-order valence-electron chi connectivity index (χ0n) is 10.1. The van der Waals surface area contributed by atoms with Crippen molar-refractivity contribution >= 4 is 11.3 Å². The van der Waals surface area contributed by atoms with Crippen molar-refractivity contribution in [1.82, 2.24) is 4.90 Å². The first kappa shape index (κ1) is 12.1. The molecular formula is C13H22N2S. The van der Waals surface area contributed by atoms with Gasteiger partial charge in [-0.05, 0) is 42.3 Å². The summed E-state index contributed by atoms with van der Waals surface area (Å²) in [6.07, 6.45) is 6.47. The van der Waals surface area contributed by atoms with Crippen LogP contribution in [0.15, 0.2) is 16.8 Å². The van der Waals surface area contributed by atoms with Crippen LogP contribution >= 0.6 is 11.3 Å². The van der Waals surface area contributed by atoms with E-state index in [4.69, 9.17) is 5.73 Å². The zero-order valence-corrected chi connectivity index (χ0v) is 10.9. The van der Waals surface area contributed by atoms with Crippen molar-refractivity contribution in [3.8, 4) is 0 Å². The molecule has 1 aliphatic carbocycles. The number of thiophene rings is 1. The van der Waals surface area contributed by atoms with Crippen LogP contribution in [0.5, 0.6) is 0 Å². The highest BCUT2D eigenvalue weighted by Gasteiger charge is 2.23. The van der Waals surface area contributed by atoms with E-state index >= 15 is 0 Å². The van der Waals surface area contributed by atoms with Gasteiger partial charge in [0, 0.05) is 18.6 Å². The molecule has 0 radical (unpaired) electrons. The minimum absolute atomic E-state index is 0.367. The lowest BCUT2D eigenvalue weighted by molar-refractivity contribution is 0.193. The molecular weight excluding hydrogens is 216 g/mol. The summed E-state index contributed by atoms with van der Waals surface area (Å²) in [5.74, 6) is 0. The van der Waals surface area contributed by atoms with E-state index in [2.05, 4.69) is 28.8 Å². The lowest BCUT2D eigenvalue weighted by Gasteiger charge is -2.31. The van der Waals surface area contributed by atoms with Crippen molar-refractivity contribution in [1.29, 1.82) is 0 Å². The number of nitrogens with two attached hydrogens (primary N) is 1. The van der Waals surface area contributed by atoms with E-state index in [9.17, 15) is 0 Å². The number of hydrogen-bond acceptors (Lipinski definition) is 3. The molecule has 1 aromatic rings. The van der Waals surface area contributed by atoms with E-state index in [1.54, 1.807) is 11.3 Å². The minimum Gasteiger partial charge on any atom is -0.326 e. The average molecular weight is 238 g/mol. The summed E-state index contributed by atoms with van der Waals surface area (Å²) in [5, 5.41) is 4.38. The largest absolute Gasteiger partial charge is 0.326 e. The highest BCUT2D eigenvalue weighted by molar-refractivity contribution is 7.07. The Morgan fingerprint density at radius 1 is 1.38 bits per heavy atom. The maximum atomic E-state index is 6.27. The van der Waals surface area contributed by atoms with Crippen molar-refractivity contribution < 1.29 is 0 Å². The summed E-state index contributed by atoms with van der Waals surface area (Å²) in [6, 6.07) is 3.15. The Balaban J connectivity index is 1.94. The van der Waals surface area contributed by atoms with Gasteiger partial charge in [0.25, 0.3) is 0 Å². The molecule has 90 valence electrons. The number of rotatable bonds is 3. The fourth-order valence-electron chi connectivity index (χ4n) is 2.65. The molecule has 2 rings (SSSR count). The second-order valence-electron chi connectivity index (χ2n) is 4.92. The third-order valence-corrected chi connectivity index (χ3v) is 4.34. The van der Waals surface area contributed by atoms with Crippen LogP contribution in [-0.4, -0.2) is 24.0 Å². The highest BCUT2D eigenvalue weighted by atomic mass is 32.1. The first-order chi connectivity index (χ1) is 7.77. The molecule has 2 N–H and O–H groups in total.